The summed E-state index contributed by atoms with van der Waals surface area (Å²) in [5, 5.41) is 5.99. The third-order valence-electron chi connectivity index (χ3n) is 15.5. The van der Waals surface area contributed by atoms with E-state index in [0.717, 1.165) is 80.5 Å². The molecule has 4 N–H and O–H groups in total. The van der Waals surface area contributed by atoms with E-state index in [1.807, 2.05) is 0 Å². The Kier molecular flexibility index (Phi) is 20.2. The summed E-state index contributed by atoms with van der Waals surface area (Å²) in [6, 6.07) is 0. The molecule has 0 saturated heterocycles. The molecular formula is C49H88N4O4. The second-order valence-electron chi connectivity index (χ2n) is 20.1. The van der Waals surface area contributed by atoms with Gasteiger partial charge in [0.15, 0.2) is 0 Å². The van der Waals surface area contributed by atoms with Gasteiger partial charge in [-0.3, -0.25) is 14.5 Å². The van der Waals surface area contributed by atoms with Gasteiger partial charge in [0.2, 0.25) is 11.8 Å². The standard InChI is InChI=1S/C49H88N4O4/c1-7-8-9-10-11-12-13-14-15-22-45(54)51-33-19-34-53(36-46(55)52-32-17-16-31-50)47(56)57-40-27-29-48(5)39(35-40)23-24-41-43-26-25-42(38(4)21-18-20-37(2)3)49(43,6)30-28-44(41)48/h23,37-38,40-44H,7-22,24-36,50H2,1-6H3,(H,51,54)(H,52,55)/t38-,40+,41+,42-,43+,44+,48+,49-/m1/s1. The predicted molar refractivity (Wildman–Crippen MR) is 236 cm³/mol. The molecule has 0 heterocycles. The van der Waals surface area contributed by atoms with Crippen LogP contribution >= 0.6 is 0 Å². The van der Waals surface area contributed by atoms with E-state index in [2.05, 4.69) is 58.3 Å². The van der Waals surface area contributed by atoms with Crippen LogP contribution in [0.2, 0.25) is 0 Å². The molecule has 8 atom stereocenters. The van der Waals surface area contributed by atoms with Crippen LogP contribution in [0.15, 0.2) is 11.6 Å². The molecule has 0 radical (unpaired) electrons. The molecule has 3 amide bonds. The van der Waals surface area contributed by atoms with Gasteiger partial charge in [-0.1, -0.05) is 124 Å². The van der Waals surface area contributed by atoms with Crippen LogP contribution in [0.1, 0.15) is 196 Å². The molecule has 3 fully saturated rings. The van der Waals surface area contributed by atoms with Crippen LogP contribution in [0.3, 0.4) is 0 Å². The van der Waals surface area contributed by atoms with Gasteiger partial charge >= 0.3 is 6.09 Å². The number of ether oxygens (including phenoxy) is 1. The molecule has 0 aliphatic heterocycles. The van der Waals surface area contributed by atoms with Crippen molar-refractivity contribution in [1.29, 1.82) is 0 Å². The summed E-state index contributed by atoms with van der Waals surface area (Å²) < 4.78 is 6.25. The first-order chi connectivity index (χ1) is 27.4. The lowest BCUT2D eigenvalue weighted by Crippen LogP contribution is -2.51. The van der Waals surface area contributed by atoms with Crippen molar-refractivity contribution < 1.29 is 19.1 Å². The van der Waals surface area contributed by atoms with E-state index in [9.17, 15) is 14.4 Å². The van der Waals surface area contributed by atoms with Crippen molar-refractivity contribution in [3.05, 3.63) is 11.6 Å². The quantitative estimate of drug-likeness (QED) is 0.0596. The van der Waals surface area contributed by atoms with Crippen molar-refractivity contribution >= 4 is 17.9 Å². The molecule has 0 bridgehead atoms. The zero-order valence-corrected chi connectivity index (χ0v) is 37.8. The second kappa shape index (κ2) is 24.2. The SMILES string of the molecule is CCCCCCCCCCCC(=O)NCCCN(CC(=O)NCCCCN)C(=O)O[C@H]1CC[C@@]2(C)C(=CC[C@H]3[C@@H]4CC[C@H]([C@H](C)CCCC(C)C)[C@@]4(C)CC[C@@H]32)C1. The van der Waals surface area contributed by atoms with E-state index in [-0.39, 0.29) is 29.9 Å². The average Bonchev–Trinajstić information content (AvgIpc) is 3.54. The Labute approximate surface area is 349 Å². The topological polar surface area (TPSA) is 114 Å². The Morgan fingerprint density at radius 1 is 0.807 bits per heavy atom. The van der Waals surface area contributed by atoms with E-state index < -0.39 is 6.09 Å². The van der Waals surface area contributed by atoms with Crippen LogP contribution in [-0.4, -0.2) is 61.6 Å². The third kappa shape index (κ3) is 14.0. The van der Waals surface area contributed by atoms with Gasteiger partial charge < -0.3 is 21.1 Å². The first kappa shape index (κ1) is 47.6. The number of allylic oxidation sites excluding steroid dienone is 1. The number of rotatable bonds is 26. The summed E-state index contributed by atoms with van der Waals surface area (Å²) in [6.07, 6.45) is 29.3. The normalized spacial score (nSPS) is 28.5. The number of hydrogen-bond acceptors (Lipinski definition) is 5. The molecule has 0 aromatic carbocycles. The van der Waals surface area contributed by atoms with Crippen LogP contribution in [-0.2, 0) is 14.3 Å². The van der Waals surface area contributed by atoms with Crippen LogP contribution in [0.5, 0.6) is 0 Å². The van der Waals surface area contributed by atoms with E-state index in [4.69, 9.17) is 10.5 Å². The minimum atomic E-state index is -0.413. The maximum atomic E-state index is 13.8. The van der Waals surface area contributed by atoms with Crippen molar-refractivity contribution in [3.8, 4) is 0 Å². The van der Waals surface area contributed by atoms with Crippen molar-refractivity contribution in [2.75, 3.05) is 32.7 Å². The van der Waals surface area contributed by atoms with Gasteiger partial charge in [-0.15, -0.1) is 0 Å². The van der Waals surface area contributed by atoms with Gasteiger partial charge in [0.05, 0.1) is 0 Å². The molecule has 328 valence electrons. The Bertz CT molecular complexity index is 1250. The second-order valence-corrected chi connectivity index (χ2v) is 20.1. The first-order valence-electron chi connectivity index (χ1n) is 24.3. The summed E-state index contributed by atoms with van der Waals surface area (Å²) in [5.74, 6) is 4.69. The number of amides is 3. The molecule has 0 aromatic heterocycles. The molecule has 0 aromatic rings. The van der Waals surface area contributed by atoms with Crippen molar-refractivity contribution in [2.24, 2.45) is 52.1 Å². The molecule has 0 spiro atoms. The third-order valence-corrected chi connectivity index (χ3v) is 15.5. The van der Waals surface area contributed by atoms with Crippen molar-refractivity contribution in [3.63, 3.8) is 0 Å². The molecule has 4 aliphatic carbocycles. The fraction of sp³-hybridized carbons (Fsp3) is 0.898. The number of nitrogens with zero attached hydrogens (tertiary/aromatic N) is 1. The molecule has 8 nitrogen and oxygen atoms in total. The van der Waals surface area contributed by atoms with E-state index >= 15 is 0 Å². The molecule has 3 saturated carbocycles. The molecule has 57 heavy (non-hydrogen) atoms. The number of nitrogens with two attached hydrogens (primary N) is 1. The van der Waals surface area contributed by atoms with Gasteiger partial charge in [-0.25, -0.2) is 4.79 Å². The Hall–Kier alpha value is -2.09. The largest absolute Gasteiger partial charge is 0.446 e. The number of carbonyl (C=O) groups excluding carboxylic acids is 3. The Balaban J connectivity index is 1.27. The van der Waals surface area contributed by atoms with Gasteiger partial charge in [0.1, 0.15) is 12.6 Å². The summed E-state index contributed by atoms with van der Waals surface area (Å²) in [6.45, 7) is 16.7. The lowest BCUT2D eigenvalue weighted by Gasteiger charge is -2.58. The maximum Gasteiger partial charge on any atom is 0.410 e. The molecule has 0 unspecified atom stereocenters. The van der Waals surface area contributed by atoms with E-state index in [1.165, 1.54) is 102 Å². The van der Waals surface area contributed by atoms with Crippen LogP contribution < -0.4 is 16.4 Å². The zero-order chi connectivity index (χ0) is 41.3. The Morgan fingerprint density at radius 3 is 2.23 bits per heavy atom. The highest BCUT2D eigenvalue weighted by molar-refractivity contribution is 5.82. The highest BCUT2D eigenvalue weighted by Crippen LogP contribution is 2.67. The predicted octanol–water partition coefficient (Wildman–Crippen LogP) is 11.1. The smallest absolute Gasteiger partial charge is 0.410 e. The monoisotopic (exact) mass is 797 g/mol. The molecule has 4 rings (SSSR count). The average molecular weight is 797 g/mol. The zero-order valence-electron chi connectivity index (χ0n) is 37.8. The number of carbonyl (C=O) groups is 3. The molecule has 8 heteroatoms. The lowest BCUT2D eigenvalue weighted by atomic mass is 9.47. The van der Waals surface area contributed by atoms with Gasteiger partial charge in [0.25, 0.3) is 0 Å². The van der Waals surface area contributed by atoms with Gasteiger partial charge in [-0.2, -0.15) is 0 Å². The van der Waals surface area contributed by atoms with Crippen molar-refractivity contribution in [1.82, 2.24) is 15.5 Å². The van der Waals surface area contributed by atoms with Crippen LogP contribution in [0.4, 0.5) is 4.79 Å². The van der Waals surface area contributed by atoms with Gasteiger partial charge in [0, 0.05) is 32.5 Å². The number of hydrogen-bond donors (Lipinski definition) is 3. The molecular weight excluding hydrogens is 709 g/mol. The minimum absolute atomic E-state index is 0.0395. The summed E-state index contributed by atoms with van der Waals surface area (Å²) in [7, 11) is 0. The lowest BCUT2D eigenvalue weighted by molar-refractivity contribution is -0.123. The number of unbranched alkanes of at least 4 members (excludes halogenated alkanes) is 9. The molecule has 4 aliphatic rings. The highest BCUT2D eigenvalue weighted by Gasteiger charge is 2.59. The van der Waals surface area contributed by atoms with E-state index in [1.54, 1.807) is 4.90 Å². The summed E-state index contributed by atoms with van der Waals surface area (Å²) in [5.41, 5.74) is 7.80. The van der Waals surface area contributed by atoms with Crippen LogP contribution in [0, 0.1) is 46.3 Å². The van der Waals surface area contributed by atoms with E-state index in [0.29, 0.717) is 44.4 Å². The fourth-order valence-electron chi connectivity index (χ4n) is 12.1. The number of fused-ring (bicyclic) bond motifs is 5. The van der Waals surface area contributed by atoms with Crippen molar-refractivity contribution in [2.45, 2.75) is 202 Å². The Morgan fingerprint density at radius 2 is 1.51 bits per heavy atom. The first-order valence-corrected chi connectivity index (χ1v) is 24.3. The van der Waals surface area contributed by atoms with Gasteiger partial charge in [-0.05, 0) is 124 Å². The highest BCUT2D eigenvalue weighted by atomic mass is 16.6. The summed E-state index contributed by atoms with van der Waals surface area (Å²) >= 11 is 0. The minimum Gasteiger partial charge on any atom is -0.446 e. The van der Waals surface area contributed by atoms with Crippen LogP contribution in [0.25, 0.3) is 0 Å². The summed E-state index contributed by atoms with van der Waals surface area (Å²) in [4.78, 5) is 40.8. The number of nitrogens with one attached hydrogen (secondary N) is 2. The maximum absolute atomic E-state index is 13.8. The fourth-order valence-corrected chi connectivity index (χ4v) is 12.1.